The number of nitrogen functional groups attached to an aromatic ring is 1. The van der Waals surface area contributed by atoms with E-state index in [0.717, 1.165) is 6.07 Å². The molecule has 5 nitrogen and oxygen atoms in total. The van der Waals surface area contributed by atoms with Crippen LogP contribution in [0.4, 0.5) is 14.5 Å². The fourth-order valence-corrected chi connectivity index (χ4v) is 1.61. The minimum absolute atomic E-state index is 0.110. The zero-order valence-corrected chi connectivity index (χ0v) is 10.7. The van der Waals surface area contributed by atoms with Crippen molar-refractivity contribution in [2.24, 2.45) is 0 Å². The Balaban J connectivity index is 2.11. The molecule has 0 saturated carbocycles. The van der Waals surface area contributed by atoms with Crippen LogP contribution < -0.4 is 11.1 Å². The number of anilines is 1. The molecule has 1 heterocycles. The number of aryl methyl sites for hydroxylation is 1. The molecule has 1 aromatic heterocycles. The molecule has 0 aliphatic rings. The number of nitrogens with two attached hydrogens (primary N) is 1. The number of hydrogen-bond acceptors (Lipinski definition) is 4. The summed E-state index contributed by atoms with van der Waals surface area (Å²) in [6.07, 6.45) is 1.56. The minimum atomic E-state index is -0.965. The smallest absolute Gasteiger partial charge is 0.254 e. The van der Waals surface area contributed by atoms with Gasteiger partial charge >= 0.3 is 0 Å². The number of nitrogens with one attached hydrogen (secondary N) is 1. The molecule has 1 amide bonds. The third-order valence-electron chi connectivity index (χ3n) is 2.59. The second kappa shape index (κ2) is 5.60. The summed E-state index contributed by atoms with van der Waals surface area (Å²) in [6, 6.07) is 3.17. The molecule has 1 aromatic carbocycles. The van der Waals surface area contributed by atoms with E-state index in [4.69, 9.17) is 5.73 Å². The van der Waals surface area contributed by atoms with Crippen LogP contribution in [0.1, 0.15) is 21.9 Å². The summed E-state index contributed by atoms with van der Waals surface area (Å²) in [5.41, 5.74) is 5.30. The molecule has 20 heavy (non-hydrogen) atoms. The predicted octanol–water partition coefficient (Wildman–Crippen LogP) is 1.58. The quantitative estimate of drug-likeness (QED) is 0.835. The van der Waals surface area contributed by atoms with Crippen molar-refractivity contribution in [1.82, 2.24) is 15.3 Å². The molecule has 0 unspecified atom stereocenters. The van der Waals surface area contributed by atoms with Crippen molar-refractivity contribution < 1.29 is 13.6 Å². The fraction of sp³-hybridized carbons (Fsp3) is 0.154. The van der Waals surface area contributed by atoms with E-state index in [2.05, 4.69) is 15.3 Å². The van der Waals surface area contributed by atoms with E-state index in [-0.39, 0.29) is 17.8 Å². The highest BCUT2D eigenvalue weighted by atomic mass is 19.1. The average molecular weight is 278 g/mol. The Morgan fingerprint density at radius 3 is 2.80 bits per heavy atom. The number of aromatic nitrogens is 2. The number of benzene rings is 1. The van der Waals surface area contributed by atoms with Crippen molar-refractivity contribution in [3.05, 3.63) is 53.1 Å². The van der Waals surface area contributed by atoms with Crippen LogP contribution in [-0.2, 0) is 6.54 Å². The Morgan fingerprint density at radius 1 is 1.35 bits per heavy atom. The third kappa shape index (κ3) is 3.05. The minimum Gasteiger partial charge on any atom is -0.396 e. The molecule has 0 fully saturated rings. The summed E-state index contributed by atoms with van der Waals surface area (Å²) in [6.45, 7) is 1.82. The zero-order valence-electron chi connectivity index (χ0n) is 10.7. The van der Waals surface area contributed by atoms with Gasteiger partial charge in [0, 0.05) is 12.3 Å². The standard InChI is InChI=1S/C13H12F2N4O/c1-7-17-3-2-8(19-7)6-18-13(20)9-4-12(16)11(15)5-10(9)14/h2-5H,6,16H2,1H3,(H,18,20). The van der Waals surface area contributed by atoms with Crippen LogP contribution >= 0.6 is 0 Å². The molecule has 2 rings (SSSR count). The molecule has 0 radical (unpaired) electrons. The Bertz CT molecular complexity index is 661. The lowest BCUT2D eigenvalue weighted by atomic mass is 10.1. The van der Waals surface area contributed by atoms with Crippen molar-refractivity contribution >= 4 is 11.6 Å². The van der Waals surface area contributed by atoms with Crippen LogP contribution in [0, 0.1) is 18.6 Å². The SMILES string of the molecule is Cc1nccc(CNC(=O)c2cc(N)c(F)cc2F)n1. The Labute approximate surface area is 113 Å². The number of hydrogen-bond donors (Lipinski definition) is 2. The van der Waals surface area contributed by atoms with Crippen molar-refractivity contribution in [2.75, 3.05) is 5.73 Å². The Morgan fingerprint density at radius 2 is 2.10 bits per heavy atom. The normalized spacial score (nSPS) is 10.3. The van der Waals surface area contributed by atoms with Gasteiger partial charge in [-0.1, -0.05) is 0 Å². The first-order chi connectivity index (χ1) is 9.47. The van der Waals surface area contributed by atoms with Gasteiger partial charge in [0.25, 0.3) is 5.91 Å². The number of nitrogens with zero attached hydrogens (tertiary/aromatic N) is 2. The van der Waals surface area contributed by atoms with E-state index in [1.807, 2.05) is 0 Å². The molecule has 0 atom stereocenters. The number of halogens is 2. The van der Waals surface area contributed by atoms with Crippen LogP contribution in [0.3, 0.4) is 0 Å². The summed E-state index contributed by atoms with van der Waals surface area (Å²) in [5.74, 6) is -1.99. The molecule has 2 aromatic rings. The van der Waals surface area contributed by atoms with E-state index < -0.39 is 17.5 Å². The molecule has 0 bridgehead atoms. The molecule has 0 aliphatic carbocycles. The van der Waals surface area contributed by atoms with E-state index in [9.17, 15) is 13.6 Å². The van der Waals surface area contributed by atoms with Crippen LogP contribution in [0.15, 0.2) is 24.4 Å². The predicted molar refractivity (Wildman–Crippen MR) is 68.7 cm³/mol. The highest BCUT2D eigenvalue weighted by molar-refractivity contribution is 5.95. The van der Waals surface area contributed by atoms with Gasteiger partial charge in [0.2, 0.25) is 0 Å². The molecular formula is C13H12F2N4O. The molecule has 3 N–H and O–H groups in total. The molecular weight excluding hydrogens is 266 g/mol. The first-order valence-electron chi connectivity index (χ1n) is 5.78. The maximum atomic E-state index is 13.5. The van der Waals surface area contributed by atoms with Crippen molar-refractivity contribution in [3.8, 4) is 0 Å². The highest BCUT2D eigenvalue weighted by Gasteiger charge is 2.14. The summed E-state index contributed by atoms with van der Waals surface area (Å²) < 4.78 is 26.5. The van der Waals surface area contributed by atoms with Crippen LogP contribution in [0.25, 0.3) is 0 Å². The van der Waals surface area contributed by atoms with E-state index in [1.54, 1.807) is 19.2 Å². The number of carbonyl (C=O) groups excluding carboxylic acids is 1. The van der Waals surface area contributed by atoms with E-state index in [0.29, 0.717) is 17.6 Å². The van der Waals surface area contributed by atoms with Crippen molar-refractivity contribution in [2.45, 2.75) is 13.5 Å². The van der Waals surface area contributed by atoms with Gasteiger partial charge in [-0.2, -0.15) is 0 Å². The summed E-state index contributed by atoms with van der Waals surface area (Å²) in [4.78, 5) is 19.8. The van der Waals surface area contributed by atoms with Gasteiger partial charge in [-0.25, -0.2) is 18.7 Å². The van der Waals surface area contributed by atoms with Crippen LogP contribution in [-0.4, -0.2) is 15.9 Å². The summed E-state index contributed by atoms with van der Waals surface area (Å²) >= 11 is 0. The number of amides is 1. The summed E-state index contributed by atoms with van der Waals surface area (Å²) in [7, 11) is 0. The largest absolute Gasteiger partial charge is 0.396 e. The van der Waals surface area contributed by atoms with Gasteiger partial charge in [-0.05, 0) is 19.1 Å². The summed E-state index contributed by atoms with van der Waals surface area (Å²) in [5, 5.41) is 2.48. The van der Waals surface area contributed by atoms with Crippen molar-refractivity contribution in [1.29, 1.82) is 0 Å². The lowest BCUT2D eigenvalue weighted by molar-refractivity contribution is 0.0946. The molecule has 0 saturated heterocycles. The fourth-order valence-electron chi connectivity index (χ4n) is 1.61. The number of rotatable bonds is 3. The maximum absolute atomic E-state index is 13.5. The molecule has 104 valence electrons. The first-order valence-corrected chi connectivity index (χ1v) is 5.78. The Hall–Kier alpha value is -2.57. The first kappa shape index (κ1) is 13.9. The third-order valence-corrected chi connectivity index (χ3v) is 2.59. The lowest BCUT2D eigenvalue weighted by Gasteiger charge is -2.07. The van der Waals surface area contributed by atoms with E-state index >= 15 is 0 Å². The van der Waals surface area contributed by atoms with Crippen LogP contribution in [0.2, 0.25) is 0 Å². The second-order valence-electron chi connectivity index (χ2n) is 4.13. The van der Waals surface area contributed by atoms with Gasteiger partial charge in [-0.3, -0.25) is 4.79 Å². The molecule has 7 heteroatoms. The average Bonchev–Trinajstić information content (AvgIpc) is 2.40. The number of carbonyl (C=O) groups is 1. The maximum Gasteiger partial charge on any atom is 0.254 e. The van der Waals surface area contributed by atoms with Gasteiger partial charge in [0.1, 0.15) is 17.5 Å². The molecule has 0 aliphatic heterocycles. The monoisotopic (exact) mass is 278 g/mol. The van der Waals surface area contributed by atoms with Gasteiger partial charge in [0.15, 0.2) is 0 Å². The van der Waals surface area contributed by atoms with Gasteiger partial charge < -0.3 is 11.1 Å². The van der Waals surface area contributed by atoms with Crippen LogP contribution in [0.5, 0.6) is 0 Å². The van der Waals surface area contributed by atoms with Crippen molar-refractivity contribution in [3.63, 3.8) is 0 Å². The van der Waals surface area contributed by atoms with Gasteiger partial charge in [0.05, 0.1) is 23.5 Å². The van der Waals surface area contributed by atoms with E-state index in [1.165, 1.54) is 0 Å². The topological polar surface area (TPSA) is 80.9 Å². The molecule has 0 spiro atoms. The van der Waals surface area contributed by atoms with Gasteiger partial charge in [-0.15, -0.1) is 0 Å². The Kier molecular flexibility index (Phi) is 3.88. The second-order valence-corrected chi connectivity index (χ2v) is 4.13. The zero-order chi connectivity index (χ0) is 14.7. The lowest BCUT2D eigenvalue weighted by Crippen LogP contribution is -2.24. The highest BCUT2D eigenvalue weighted by Crippen LogP contribution is 2.16.